The van der Waals surface area contributed by atoms with Crippen molar-refractivity contribution in [3.8, 4) is 5.69 Å². The molecule has 2 aromatic carbocycles. The zero-order valence-corrected chi connectivity index (χ0v) is 20.5. The van der Waals surface area contributed by atoms with Gasteiger partial charge in [-0.2, -0.15) is 0 Å². The Morgan fingerprint density at radius 2 is 1.59 bits per heavy atom. The maximum atomic E-state index is 13.0. The summed E-state index contributed by atoms with van der Waals surface area (Å²) in [5.41, 5.74) is 1.47. The average Bonchev–Trinajstić information content (AvgIpc) is 3.02. The molecule has 3 rings (SSSR count). The molecule has 0 bridgehead atoms. The average molecular weight is 485 g/mol. The van der Waals surface area contributed by atoms with Gasteiger partial charge in [0.1, 0.15) is 10.9 Å². The predicted octanol–water partition coefficient (Wildman–Crippen LogP) is 2.89. The van der Waals surface area contributed by atoms with Crippen LogP contribution in [-0.2, 0) is 21.7 Å². The summed E-state index contributed by atoms with van der Waals surface area (Å²) >= 11 is 0. The van der Waals surface area contributed by atoms with Gasteiger partial charge in [0.2, 0.25) is 5.91 Å². The fourth-order valence-corrected chi connectivity index (χ4v) is 4.61. The molecular formula is C24H28N4O5S. The number of rotatable bonds is 7. The Balaban J connectivity index is 1.83. The number of carbonyl (C=O) groups is 2. The van der Waals surface area contributed by atoms with Crippen molar-refractivity contribution in [3.05, 3.63) is 76.2 Å². The summed E-state index contributed by atoms with van der Waals surface area (Å²) in [7, 11) is -1.90. The topological polar surface area (TPSA) is 119 Å². The van der Waals surface area contributed by atoms with Crippen LogP contribution in [0.3, 0.4) is 0 Å². The smallest absolute Gasteiger partial charge is 0.295 e. The Bertz CT molecular complexity index is 1390. The molecule has 180 valence electrons. The minimum absolute atomic E-state index is 0.141. The summed E-state index contributed by atoms with van der Waals surface area (Å²) in [5, 5.41) is 3.28. The molecule has 0 aliphatic heterocycles. The molecule has 1 heterocycles. The van der Waals surface area contributed by atoms with Crippen LogP contribution in [0.15, 0.2) is 59.4 Å². The SMILES string of the molecule is Cc1c(NC(=O)c2cccc(NC(=O)C(C)S(=O)(=O)C(C)C)c2)c(=O)n(-c2ccccc2)n1C. The highest BCUT2D eigenvalue weighted by Crippen LogP contribution is 2.18. The summed E-state index contributed by atoms with van der Waals surface area (Å²) < 4.78 is 27.7. The van der Waals surface area contributed by atoms with Crippen LogP contribution in [0.5, 0.6) is 0 Å². The third-order valence-corrected chi connectivity index (χ3v) is 8.22. The summed E-state index contributed by atoms with van der Waals surface area (Å²) in [6, 6.07) is 15.1. The highest BCUT2D eigenvalue weighted by atomic mass is 32.2. The van der Waals surface area contributed by atoms with Crippen molar-refractivity contribution in [1.82, 2.24) is 9.36 Å². The Hall–Kier alpha value is -3.66. The number of para-hydroxylation sites is 1. The van der Waals surface area contributed by atoms with Crippen molar-refractivity contribution in [2.24, 2.45) is 7.05 Å². The monoisotopic (exact) mass is 484 g/mol. The summed E-state index contributed by atoms with van der Waals surface area (Å²) in [6.07, 6.45) is 0. The van der Waals surface area contributed by atoms with Crippen molar-refractivity contribution in [2.45, 2.75) is 38.2 Å². The van der Waals surface area contributed by atoms with Gasteiger partial charge in [0.15, 0.2) is 9.84 Å². The van der Waals surface area contributed by atoms with Gasteiger partial charge in [0.05, 0.1) is 16.6 Å². The molecule has 0 aliphatic rings. The lowest BCUT2D eigenvalue weighted by Gasteiger charge is -2.16. The second-order valence-corrected chi connectivity index (χ2v) is 11.1. The number of hydrogen-bond donors (Lipinski definition) is 2. The second-order valence-electron chi connectivity index (χ2n) is 8.24. The lowest BCUT2D eigenvalue weighted by molar-refractivity contribution is -0.115. The van der Waals surface area contributed by atoms with Crippen LogP contribution in [0, 0.1) is 6.92 Å². The van der Waals surface area contributed by atoms with Crippen LogP contribution in [0.1, 0.15) is 36.8 Å². The predicted molar refractivity (Wildman–Crippen MR) is 132 cm³/mol. The molecule has 9 nitrogen and oxygen atoms in total. The lowest BCUT2D eigenvalue weighted by Crippen LogP contribution is -2.36. The number of amides is 2. The van der Waals surface area contributed by atoms with E-state index in [-0.39, 0.29) is 22.5 Å². The number of nitrogens with one attached hydrogen (secondary N) is 2. The standard InChI is InChI=1S/C24H28N4O5S/c1-15(2)34(32,33)17(4)22(29)25-19-11-9-10-18(14-19)23(30)26-21-16(3)27(5)28(24(21)31)20-12-7-6-8-13-20/h6-15,17H,1-5H3,(H,25,29)(H,26,30). The molecule has 3 aromatic rings. The fraction of sp³-hybridized carbons (Fsp3) is 0.292. The number of nitrogens with zero attached hydrogens (tertiary/aromatic N) is 2. The first kappa shape index (κ1) is 25.0. The van der Waals surface area contributed by atoms with Crippen molar-refractivity contribution in [1.29, 1.82) is 0 Å². The van der Waals surface area contributed by atoms with Gasteiger partial charge >= 0.3 is 0 Å². The van der Waals surface area contributed by atoms with E-state index in [2.05, 4.69) is 10.6 Å². The summed E-state index contributed by atoms with van der Waals surface area (Å²) in [5.74, 6) is -1.22. The van der Waals surface area contributed by atoms with Crippen molar-refractivity contribution >= 4 is 33.0 Å². The van der Waals surface area contributed by atoms with Gasteiger partial charge in [0.25, 0.3) is 11.5 Å². The van der Waals surface area contributed by atoms with Crippen LogP contribution < -0.4 is 16.2 Å². The van der Waals surface area contributed by atoms with Crippen LogP contribution in [0.2, 0.25) is 0 Å². The van der Waals surface area contributed by atoms with E-state index in [0.717, 1.165) is 0 Å². The normalized spacial score (nSPS) is 12.4. The molecule has 0 saturated heterocycles. The van der Waals surface area contributed by atoms with E-state index in [4.69, 9.17) is 0 Å². The number of aromatic nitrogens is 2. The van der Waals surface area contributed by atoms with Crippen LogP contribution in [0.4, 0.5) is 11.4 Å². The quantitative estimate of drug-likeness (QED) is 0.534. The number of sulfone groups is 1. The molecule has 0 spiro atoms. The molecular weight excluding hydrogens is 456 g/mol. The molecule has 1 atom stereocenters. The van der Waals surface area contributed by atoms with Crippen molar-refractivity contribution in [2.75, 3.05) is 10.6 Å². The van der Waals surface area contributed by atoms with Crippen molar-refractivity contribution < 1.29 is 18.0 Å². The first-order valence-electron chi connectivity index (χ1n) is 10.7. The number of carbonyl (C=O) groups excluding carboxylic acids is 2. The van der Waals surface area contributed by atoms with E-state index in [0.29, 0.717) is 11.4 Å². The minimum atomic E-state index is -3.63. The molecule has 10 heteroatoms. The Kier molecular flexibility index (Phi) is 7.11. The first-order valence-corrected chi connectivity index (χ1v) is 12.3. The van der Waals surface area contributed by atoms with Gasteiger partial charge < -0.3 is 10.6 Å². The number of anilines is 2. The molecule has 2 N–H and O–H groups in total. The summed E-state index contributed by atoms with van der Waals surface area (Å²) in [4.78, 5) is 38.4. The third kappa shape index (κ3) is 4.81. The van der Waals surface area contributed by atoms with E-state index in [1.807, 2.05) is 18.2 Å². The zero-order valence-electron chi connectivity index (χ0n) is 19.7. The zero-order chi connectivity index (χ0) is 25.2. The molecule has 34 heavy (non-hydrogen) atoms. The highest BCUT2D eigenvalue weighted by molar-refractivity contribution is 7.93. The largest absolute Gasteiger partial charge is 0.325 e. The fourth-order valence-electron chi connectivity index (χ4n) is 3.44. The van der Waals surface area contributed by atoms with Gasteiger partial charge in [-0.05, 0) is 58.0 Å². The molecule has 1 unspecified atom stereocenters. The van der Waals surface area contributed by atoms with Gasteiger partial charge in [-0.3, -0.25) is 19.1 Å². The maximum Gasteiger partial charge on any atom is 0.295 e. The van der Waals surface area contributed by atoms with E-state index >= 15 is 0 Å². The number of hydrogen-bond acceptors (Lipinski definition) is 5. The Labute approximate surface area is 198 Å². The second kappa shape index (κ2) is 9.68. The third-order valence-electron chi connectivity index (χ3n) is 5.70. The molecule has 1 aromatic heterocycles. The van der Waals surface area contributed by atoms with E-state index < -0.39 is 32.2 Å². The molecule has 2 amide bonds. The molecule has 0 saturated carbocycles. The van der Waals surface area contributed by atoms with Crippen molar-refractivity contribution in [3.63, 3.8) is 0 Å². The Morgan fingerprint density at radius 1 is 0.941 bits per heavy atom. The first-order chi connectivity index (χ1) is 15.9. The van der Waals surface area contributed by atoms with Gasteiger partial charge in [0, 0.05) is 18.3 Å². The van der Waals surface area contributed by atoms with Gasteiger partial charge in [-0.1, -0.05) is 24.3 Å². The maximum absolute atomic E-state index is 13.0. The van der Waals surface area contributed by atoms with Gasteiger partial charge in [-0.25, -0.2) is 13.1 Å². The van der Waals surface area contributed by atoms with Crippen LogP contribution in [0.25, 0.3) is 5.69 Å². The molecule has 0 radical (unpaired) electrons. The van der Waals surface area contributed by atoms with E-state index in [1.165, 1.54) is 37.6 Å². The van der Waals surface area contributed by atoms with Crippen LogP contribution >= 0.6 is 0 Å². The Morgan fingerprint density at radius 3 is 2.21 bits per heavy atom. The minimum Gasteiger partial charge on any atom is -0.325 e. The van der Waals surface area contributed by atoms with E-state index in [9.17, 15) is 22.8 Å². The lowest BCUT2D eigenvalue weighted by atomic mass is 10.2. The molecule has 0 fully saturated rings. The highest BCUT2D eigenvalue weighted by Gasteiger charge is 2.30. The molecule has 0 aliphatic carbocycles. The van der Waals surface area contributed by atoms with Crippen LogP contribution in [-0.4, -0.2) is 40.1 Å². The van der Waals surface area contributed by atoms with E-state index in [1.54, 1.807) is 42.9 Å². The van der Waals surface area contributed by atoms with Gasteiger partial charge in [-0.15, -0.1) is 0 Å². The number of benzene rings is 2. The summed E-state index contributed by atoms with van der Waals surface area (Å²) in [6.45, 7) is 6.09.